The lowest BCUT2D eigenvalue weighted by Gasteiger charge is -2.11. The van der Waals surface area contributed by atoms with E-state index in [2.05, 4.69) is 30.4 Å². The maximum atomic E-state index is 10.2. The van der Waals surface area contributed by atoms with E-state index in [-0.39, 0.29) is 5.75 Å². The first-order valence-electron chi connectivity index (χ1n) is 8.46. The van der Waals surface area contributed by atoms with Gasteiger partial charge in [-0.1, -0.05) is 36.4 Å². The van der Waals surface area contributed by atoms with Crippen LogP contribution in [-0.4, -0.2) is 15.1 Å². The molecular formula is C21H19N3OS. The summed E-state index contributed by atoms with van der Waals surface area (Å²) in [6.45, 7) is 4.06. The molecule has 0 aliphatic rings. The first-order valence-corrected chi connectivity index (χ1v) is 9.28. The van der Waals surface area contributed by atoms with Gasteiger partial charge in [0.2, 0.25) is 0 Å². The van der Waals surface area contributed by atoms with Crippen LogP contribution in [0.25, 0.3) is 10.2 Å². The number of benzene rings is 2. The van der Waals surface area contributed by atoms with Crippen molar-refractivity contribution >= 4 is 33.1 Å². The predicted octanol–water partition coefficient (Wildman–Crippen LogP) is 5.35. The van der Waals surface area contributed by atoms with Crippen molar-refractivity contribution in [1.82, 2.24) is 9.97 Å². The summed E-state index contributed by atoms with van der Waals surface area (Å²) in [7, 11) is 0. The summed E-state index contributed by atoms with van der Waals surface area (Å²) in [5.41, 5.74) is 2.89. The van der Waals surface area contributed by atoms with E-state index in [4.69, 9.17) is 9.97 Å². The quantitative estimate of drug-likeness (QED) is 0.481. The molecule has 2 N–H and O–H groups in total. The van der Waals surface area contributed by atoms with Gasteiger partial charge in [-0.15, -0.1) is 11.3 Å². The number of aromatic nitrogens is 2. The molecule has 4 aromatic rings. The Kier molecular flexibility index (Phi) is 4.31. The molecule has 0 radical (unpaired) electrons. The molecule has 4 nitrogen and oxygen atoms in total. The molecule has 130 valence electrons. The summed E-state index contributed by atoms with van der Waals surface area (Å²) in [4.78, 5) is 11.6. The number of phenolic OH excluding ortho intramolecular Hbond substituents is 1. The van der Waals surface area contributed by atoms with Crippen LogP contribution < -0.4 is 5.32 Å². The zero-order valence-electron chi connectivity index (χ0n) is 14.7. The Bertz CT molecular complexity index is 1070. The Morgan fingerprint density at radius 2 is 1.81 bits per heavy atom. The Morgan fingerprint density at radius 3 is 2.62 bits per heavy atom. The lowest BCUT2D eigenvalue weighted by Crippen LogP contribution is -2.02. The summed E-state index contributed by atoms with van der Waals surface area (Å²) in [6, 6.07) is 17.8. The average Bonchev–Trinajstić information content (AvgIpc) is 2.99. The van der Waals surface area contributed by atoms with Crippen LogP contribution in [0.15, 0.2) is 54.6 Å². The standard InChI is InChI=1S/C21H19N3OS/c1-13-8-9-18(25)17(10-13)22-20-16-11-14(2)26-21(16)24-19(23-20)12-15-6-4-3-5-7-15/h3-11,25H,12H2,1-2H3,(H,22,23,24). The molecule has 2 heterocycles. The lowest BCUT2D eigenvalue weighted by atomic mass is 10.1. The fourth-order valence-electron chi connectivity index (χ4n) is 2.92. The highest BCUT2D eigenvalue weighted by Crippen LogP contribution is 2.33. The number of hydrogen-bond acceptors (Lipinski definition) is 5. The SMILES string of the molecule is Cc1ccc(O)c(Nc2nc(Cc3ccccc3)nc3sc(C)cc23)c1. The van der Waals surface area contributed by atoms with Crippen LogP contribution in [0.3, 0.4) is 0 Å². The summed E-state index contributed by atoms with van der Waals surface area (Å²) in [6.07, 6.45) is 0.669. The summed E-state index contributed by atoms with van der Waals surface area (Å²) >= 11 is 1.66. The van der Waals surface area contributed by atoms with Crippen LogP contribution in [0.4, 0.5) is 11.5 Å². The Balaban J connectivity index is 1.78. The van der Waals surface area contributed by atoms with E-state index in [1.165, 1.54) is 10.4 Å². The van der Waals surface area contributed by atoms with Crippen molar-refractivity contribution in [2.45, 2.75) is 20.3 Å². The number of thiophene rings is 1. The highest BCUT2D eigenvalue weighted by atomic mass is 32.1. The number of aromatic hydroxyl groups is 1. The maximum Gasteiger partial charge on any atom is 0.143 e. The van der Waals surface area contributed by atoms with E-state index in [0.29, 0.717) is 12.1 Å². The third-order valence-corrected chi connectivity index (χ3v) is 5.12. The third kappa shape index (κ3) is 3.39. The number of hydrogen-bond donors (Lipinski definition) is 2. The molecule has 2 aromatic carbocycles. The second-order valence-corrected chi connectivity index (χ2v) is 7.61. The number of fused-ring (bicyclic) bond motifs is 1. The van der Waals surface area contributed by atoms with Crippen molar-refractivity contribution in [3.05, 3.63) is 76.4 Å². The minimum absolute atomic E-state index is 0.207. The molecule has 0 atom stereocenters. The van der Waals surface area contributed by atoms with Gasteiger partial charge in [-0.3, -0.25) is 0 Å². The van der Waals surface area contributed by atoms with Crippen molar-refractivity contribution < 1.29 is 5.11 Å². The predicted molar refractivity (Wildman–Crippen MR) is 108 cm³/mol. The maximum absolute atomic E-state index is 10.2. The van der Waals surface area contributed by atoms with Crippen LogP contribution in [0.5, 0.6) is 5.75 Å². The van der Waals surface area contributed by atoms with Crippen LogP contribution in [0.2, 0.25) is 0 Å². The van der Waals surface area contributed by atoms with E-state index in [1.807, 2.05) is 37.3 Å². The van der Waals surface area contributed by atoms with Gasteiger partial charge in [0.15, 0.2) is 0 Å². The number of anilines is 2. The van der Waals surface area contributed by atoms with Crippen LogP contribution in [0, 0.1) is 13.8 Å². The number of rotatable bonds is 4. The largest absolute Gasteiger partial charge is 0.506 e. The van der Waals surface area contributed by atoms with Crippen molar-refractivity contribution in [3.8, 4) is 5.75 Å². The normalized spacial score (nSPS) is 11.0. The van der Waals surface area contributed by atoms with Crippen molar-refractivity contribution in [2.75, 3.05) is 5.32 Å². The Morgan fingerprint density at radius 1 is 1.00 bits per heavy atom. The molecule has 0 amide bonds. The van der Waals surface area contributed by atoms with Gasteiger partial charge in [0.05, 0.1) is 11.1 Å². The molecule has 0 bridgehead atoms. The molecule has 0 spiro atoms. The van der Waals surface area contributed by atoms with Gasteiger partial charge in [-0.05, 0) is 43.2 Å². The van der Waals surface area contributed by atoms with Crippen molar-refractivity contribution in [2.24, 2.45) is 0 Å². The van der Waals surface area contributed by atoms with Crippen LogP contribution in [0.1, 0.15) is 21.8 Å². The van der Waals surface area contributed by atoms with E-state index in [0.717, 1.165) is 27.4 Å². The minimum atomic E-state index is 0.207. The van der Waals surface area contributed by atoms with Crippen LogP contribution >= 0.6 is 11.3 Å². The van der Waals surface area contributed by atoms with Gasteiger partial charge in [-0.2, -0.15) is 0 Å². The molecule has 0 aliphatic heterocycles. The molecule has 4 rings (SSSR count). The highest BCUT2D eigenvalue weighted by molar-refractivity contribution is 7.18. The van der Waals surface area contributed by atoms with Gasteiger partial charge in [0, 0.05) is 11.3 Å². The summed E-state index contributed by atoms with van der Waals surface area (Å²) < 4.78 is 0. The highest BCUT2D eigenvalue weighted by Gasteiger charge is 2.13. The lowest BCUT2D eigenvalue weighted by molar-refractivity contribution is 0.477. The second kappa shape index (κ2) is 6.77. The van der Waals surface area contributed by atoms with Crippen molar-refractivity contribution in [3.63, 3.8) is 0 Å². The fraction of sp³-hybridized carbons (Fsp3) is 0.143. The van der Waals surface area contributed by atoms with Gasteiger partial charge < -0.3 is 10.4 Å². The van der Waals surface area contributed by atoms with Gasteiger partial charge in [0.25, 0.3) is 0 Å². The summed E-state index contributed by atoms with van der Waals surface area (Å²) in [5, 5.41) is 14.5. The minimum Gasteiger partial charge on any atom is -0.506 e. The van der Waals surface area contributed by atoms with Gasteiger partial charge in [-0.25, -0.2) is 9.97 Å². The molecule has 26 heavy (non-hydrogen) atoms. The van der Waals surface area contributed by atoms with Crippen molar-refractivity contribution in [1.29, 1.82) is 0 Å². The monoisotopic (exact) mass is 361 g/mol. The summed E-state index contributed by atoms with van der Waals surface area (Å²) in [5.74, 6) is 1.70. The Hall–Kier alpha value is -2.92. The van der Waals surface area contributed by atoms with Crippen LogP contribution in [-0.2, 0) is 6.42 Å². The number of nitrogens with one attached hydrogen (secondary N) is 1. The van der Waals surface area contributed by atoms with E-state index < -0.39 is 0 Å². The fourth-order valence-corrected chi connectivity index (χ4v) is 3.81. The third-order valence-electron chi connectivity index (χ3n) is 4.17. The number of aryl methyl sites for hydroxylation is 2. The molecule has 0 saturated carbocycles. The molecule has 0 fully saturated rings. The van der Waals surface area contributed by atoms with E-state index >= 15 is 0 Å². The molecule has 0 saturated heterocycles. The molecule has 0 aliphatic carbocycles. The zero-order valence-corrected chi connectivity index (χ0v) is 15.5. The Labute approximate surface area is 156 Å². The first-order chi connectivity index (χ1) is 12.6. The molecule has 2 aromatic heterocycles. The van der Waals surface area contributed by atoms with E-state index in [9.17, 15) is 5.11 Å². The van der Waals surface area contributed by atoms with Gasteiger partial charge >= 0.3 is 0 Å². The first kappa shape index (κ1) is 16.5. The zero-order chi connectivity index (χ0) is 18.1. The molecule has 5 heteroatoms. The number of phenols is 1. The topological polar surface area (TPSA) is 58.0 Å². The number of nitrogens with zero attached hydrogens (tertiary/aromatic N) is 2. The second-order valence-electron chi connectivity index (χ2n) is 6.37. The average molecular weight is 361 g/mol. The van der Waals surface area contributed by atoms with E-state index in [1.54, 1.807) is 17.4 Å². The van der Waals surface area contributed by atoms with Gasteiger partial charge in [0.1, 0.15) is 22.2 Å². The molecular weight excluding hydrogens is 342 g/mol. The molecule has 0 unspecified atom stereocenters. The smallest absolute Gasteiger partial charge is 0.143 e.